The SMILES string of the molecule is c1ccc2c(c1)ccc1cc(N(c3ccc(-c4cccc5c4ccc4ccccc45)cc3)c3cccc4sc5ccccc5c34)ccc12. The smallest absolute Gasteiger partial charge is 0.0554 e. The molecule has 1 aromatic heterocycles. The lowest BCUT2D eigenvalue weighted by atomic mass is 9.94. The Labute approximate surface area is 282 Å². The quantitative estimate of drug-likeness (QED) is 0.176. The molecule has 0 saturated heterocycles. The summed E-state index contributed by atoms with van der Waals surface area (Å²) in [4.78, 5) is 2.44. The van der Waals surface area contributed by atoms with Crippen LogP contribution in [0.2, 0.25) is 0 Å². The van der Waals surface area contributed by atoms with Crippen LogP contribution in [0.5, 0.6) is 0 Å². The van der Waals surface area contributed by atoms with Gasteiger partial charge in [0.25, 0.3) is 0 Å². The van der Waals surface area contributed by atoms with Crippen molar-refractivity contribution in [1.29, 1.82) is 0 Å². The molecule has 0 bridgehead atoms. The fourth-order valence-electron chi connectivity index (χ4n) is 7.59. The van der Waals surface area contributed by atoms with E-state index in [4.69, 9.17) is 0 Å². The van der Waals surface area contributed by atoms with E-state index in [0.29, 0.717) is 0 Å². The minimum atomic E-state index is 1.13. The Bertz CT molecular complexity index is 2840. The average Bonchev–Trinajstić information content (AvgIpc) is 3.54. The minimum absolute atomic E-state index is 1.13. The predicted molar refractivity (Wildman–Crippen MR) is 209 cm³/mol. The summed E-state index contributed by atoms with van der Waals surface area (Å²) in [5, 5.41) is 12.8. The van der Waals surface area contributed by atoms with Gasteiger partial charge < -0.3 is 4.90 Å². The largest absolute Gasteiger partial charge is 0.310 e. The van der Waals surface area contributed by atoms with Crippen molar-refractivity contribution in [3.8, 4) is 11.1 Å². The average molecular weight is 628 g/mol. The molecule has 1 nitrogen and oxygen atoms in total. The number of rotatable bonds is 4. The summed E-state index contributed by atoms with van der Waals surface area (Å²) >= 11 is 1.86. The molecule has 0 aliphatic carbocycles. The maximum atomic E-state index is 2.44. The summed E-state index contributed by atoms with van der Waals surface area (Å²) in [7, 11) is 0. The van der Waals surface area contributed by atoms with E-state index in [0.717, 1.165) is 11.4 Å². The summed E-state index contributed by atoms with van der Waals surface area (Å²) in [6, 6.07) is 64.6. The van der Waals surface area contributed by atoms with Crippen LogP contribution in [0.15, 0.2) is 176 Å². The van der Waals surface area contributed by atoms with Gasteiger partial charge >= 0.3 is 0 Å². The Balaban J connectivity index is 1.17. The van der Waals surface area contributed by atoms with Gasteiger partial charge in [-0.1, -0.05) is 133 Å². The Morgan fingerprint density at radius 3 is 1.77 bits per heavy atom. The van der Waals surface area contributed by atoms with E-state index in [2.05, 4.69) is 181 Å². The van der Waals surface area contributed by atoms with Crippen LogP contribution in [0.4, 0.5) is 17.1 Å². The molecule has 0 N–H and O–H groups in total. The molecule has 0 saturated carbocycles. The molecule has 2 heteroatoms. The molecular weight excluding hydrogens is 599 g/mol. The lowest BCUT2D eigenvalue weighted by Gasteiger charge is -2.27. The van der Waals surface area contributed by atoms with Crippen molar-refractivity contribution in [2.75, 3.05) is 4.90 Å². The van der Waals surface area contributed by atoms with Crippen LogP contribution in [0.3, 0.4) is 0 Å². The van der Waals surface area contributed by atoms with E-state index in [-0.39, 0.29) is 0 Å². The molecule has 0 aliphatic rings. The number of thiophene rings is 1. The third-order valence-electron chi connectivity index (χ3n) is 9.83. The van der Waals surface area contributed by atoms with Crippen LogP contribution in [0, 0.1) is 0 Å². The highest BCUT2D eigenvalue weighted by Gasteiger charge is 2.19. The maximum absolute atomic E-state index is 2.44. The summed E-state index contributed by atoms with van der Waals surface area (Å²) in [6.07, 6.45) is 0. The highest BCUT2D eigenvalue weighted by Crippen LogP contribution is 2.46. The number of hydrogen-bond donors (Lipinski definition) is 0. The molecule has 0 atom stereocenters. The monoisotopic (exact) mass is 627 g/mol. The van der Waals surface area contributed by atoms with Gasteiger partial charge in [0.1, 0.15) is 0 Å². The molecule has 0 aliphatic heterocycles. The molecular formula is C46H29NS. The van der Waals surface area contributed by atoms with Crippen molar-refractivity contribution in [2.45, 2.75) is 0 Å². The van der Waals surface area contributed by atoms with Crippen molar-refractivity contribution in [3.05, 3.63) is 176 Å². The van der Waals surface area contributed by atoms with Crippen molar-refractivity contribution < 1.29 is 0 Å². The standard InChI is InChI=1S/C46H29NS/c1-3-11-36-30(9-1)19-20-33-29-35(26-28-39(33)36)47(43-16-8-18-45-46(43)42-13-5-6-17-44(42)48-45)34-24-21-32(22-25-34)38-14-7-15-40-37-12-4-2-10-31(37)23-27-41(38)40/h1-29H. The van der Waals surface area contributed by atoms with E-state index in [1.807, 2.05) is 11.3 Å². The first kappa shape index (κ1) is 27.2. The molecule has 48 heavy (non-hydrogen) atoms. The Kier molecular flexibility index (Phi) is 6.12. The van der Waals surface area contributed by atoms with Gasteiger partial charge in [0, 0.05) is 31.5 Å². The molecule has 10 aromatic rings. The minimum Gasteiger partial charge on any atom is -0.310 e. The molecule has 0 amide bonds. The van der Waals surface area contributed by atoms with Gasteiger partial charge in [-0.05, 0) is 96.7 Å². The molecule has 0 unspecified atom stereocenters. The topological polar surface area (TPSA) is 3.24 Å². The van der Waals surface area contributed by atoms with E-state index in [1.165, 1.54) is 80.1 Å². The number of hydrogen-bond acceptors (Lipinski definition) is 2. The second kappa shape index (κ2) is 10.8. The first-order valence-corrected chi connectivity index (χ1v) is 17.2. The Hall–Kier alpha value is -5.96. The zero-order valence-corrected chi connectivity index (χ0v) is 26.9. The number of fused-ring (bicyclic) bond motifs is 9. The zero-order chi connectivity index (χ0) is 31.6. The Morgan fingerprint density at radius 1 is 0.354 bits per heavy atom. The second-order valence-corrected chi connectivity index (χ2v) is 13.6. The van der Waals surface area contributed by atoms with Crippen LogP contribution in [0.1, 0.15) is 0 Å². The third kappa shape index (κ3) is 4.24. The predicted octanol–water partition coefficient (Wildman–Crippen LogP) is 13.8. The molecule has 1 heterocycles. The van der Waals surface area contributed by atoms with Crippen molar-refractivity contribution in [3.63, 3.8) is 0 Å². The fraction of sp³-hybridized carbons (Fsp3) is 0. The molecule has 0 spiro atoms. The summed E-state index contributed by atoms with van der Waals surface area (Å²) in [6.45, 7) is 0. The van der Waals surface area contributed by atoms with Crippen molar-refractivity contribution in [1.82, 2.24) is 0 Å². The van der Waals surface area contributed by atoms with E-state index in [1.54, 1.807) is 0 Å². The molecule has 224 valence electrons. The number of benzene rings is 9. The van der Waals surface area contributed by atoms with Crippen LogP contribution < -0.4 is 4.90 Å². The first-order chi connectivity index (χ1) is 23.8. The van der Waals surface area contributed by atoms with Gasteiger partial charge in [0.05, 0.1) is 5.69 Å². The van der Waals surface area contributed by atoms with Gasteiger partial charge in [-0.2, -0.15) is 0 Å². The van der Waals surface area contributed by atoms with Crippen LogP contribution >= 0.6 is 11.3 Å². The normalized spacial score (nSPS) is 11.8. The third-order valence-corrected chi connectivity index (χ3v) is 11.0. The van der Waals surface area contributed by atoms with Crippen molar-refractivity contribution >= 4 is 91.7 Å². The summed E-state index contributed by atoms with van der Waals surface area (Å²) in [5.41, 5.74) is 5.93. The van der Waals surface area contributed by atoms with Gasteiger partial charge in [-0.25, -0.2) is 0 Å². The van der Waals surface area contributed by atoms with Crippen molar-refractivity contribution in [2.24, 2.45) is 0 Å². The first-order valence-electron chi connectivity index (χ1n) is 16.4. The molecule has 0 radical (unpaired) electrons. The van der Waals surface area contributed by atoms with Gasteiger partial charge in [0.2, 0.25) is 0 Å². The lowest BCUT2D eigenvalue weighted by molar-refractivity contribution is 1.31. The summed E-state index contributed by atoms with van der Waals surface area (Å²) < 4.78 is 2.61. The van der Waals surface area contributed by atoms with E-state index >= 15 is 0 Å². The number of anilines is 3. The maximum Gasteiger partial charge on any atom is 0.0554 e. The molecule has 9 aromatic carbocycles. The van der Waals surface area contributed by atoms with Crippen LogP contribution in [0.25, 0.3) is 74.4 Å². The fourth-order valence-corrected chi connectivity index (χ4v) is 8.72. The Morgan fingerprint density at radius 2 is 0.938 bits per heavy atom. The van der Waals surface area contributed by atoms with Crippen LogP contribution in [-0.2, 0) is 0 Å². The van der Waals surface area contributed by atoms with Crippen LogP contribution in [-0.4, -0.2) is 0 Å². The van der Waals surface area contributed by atoms with E-state index < -0.39 is 0 Å². The number of nitrogens with zero attached hydrogens (tertiary/aromatic N) is 1. The second-order valence-electron chi connectivity index (χ2n) is 12.5. The highest BCUT2D eigenvalue weighted by molar-refractivity contribution is 7.26. The van der Waals surface area contributed by atoms with Gasteiger partial charge in [-0.15, -0.1) is 11.3 Å². The lowest BCUT2D eigenvalue weighted by Crippen LogP contribution is -2.10. The van der Waals surface area contributed by atoms with Gasteiger partial charge in [-0.3, -0.25) is 0 Å². The zero-order valence-electron chi connectivity index (χ0n) is 26.1. The molecule has 0 fully saturated rings. The highest BCUT2D eigenvalue weighted by atomic mass is 32.1. The summed E-state index contributed by atoms with van der Waals surface area (Å²) in [5.74, 6) is 0. The van der Waals surface area contributed by atoms with Gasteiger partial charge in [0.15, 0.2) is 0 Å². The molecule has 10 rings (SSSR count). The van der Waals surface area contributed by atoms with E-state index in [9.17, 15) is 0 Å².